The van der Waals surface area contributed by atoms with Crippen LogP contribution in [0.4, 0.5) is 299 Å². The van der Waals surface area contributed by atoms with Gasteiger partial charge in [0.2, 0.25) is 0 Å². The summed E-state index contributed by atoms with van der Waals surface area (Å²) in [4.78, 5) is 0. The van der Waals surface area contributed by atoms with Crippen molar-refractivity contribution in [2.45, 2.75) is 241 Å². The molecule has 0 unspecified atom stereocenters. The Labute approximate surface area is 682 Å². The fourth-order valence-corrected chi connectivity index (χ4v) is 19.9. The molecule has 72 heteroatoms. The average molecular weight is 2220 g/mol. The van der Waals surface area contributed by atoms with E-state index < -0.39 is 314 Å². The third kappa shape index (κ3) is 17.7. The maximum Gasteiger partial charge on any atom is 0.460 e. The van der Waals surface area contributed by atoms with Gasteiger partial charge in [-0.25, -0.2) is 0 Å². The predicted octanol–water partition coefficient (Wildman–Crippen LogP) is 23.0. The summed E-state index contributed by atoms with van der Waals surface area (Å²) in [5, 5.41) is 0. The molecule has 0 N–H and O–H groups in total. The van der Waals surface area contributed by atoms with Crippen LogP contribution in [0.25, 0.3) is 0 Å². The third-order valence-corrected chi connectivity index (χ3v) is 27.6. The molecular weight excluding hydrogens is 2190 g/mol. The van der Waals surface area contributed by atoms with Crippen molar-refractivity contribution in [2.24, 2.45) is 0 Å². The monoisotopic (exact) mass is 2220 g/mol. The Kier molecular flexibility index (Phi) is 32.0. The van der Waals surface area contributed by atoms with E-state index in [9.17, 15) is 193 Å². The third-order valence-electron chi connectivity index (χ3n) is 18.8. The number of hydrogen-bond donors (Lipinski definition) is 0. The lowest BCUT2D eigenvalue weighted by Crippen LogP contribution is -3.00. The molecule has 0 atom stereocenters. The van der Waals surface area contributed by atoms with Gasteiger partial charge in [-0.3, -0.25) is 0 Å². The Morgan fingerprint density at radius 3 is 0.367 bits per heavy atom. The van der Waals surface area contributed by atoms with E-state index in [1.54, 1.807) is 0 Å². The second-order valence-electron chi connectivity index (χ2n) is 27.4. The van der Waals surface area contributed by atoms with Gasteiger partial charge in [0.1, 0.15) is 0 Å². The van der Waals surface area contributed by atoms with Crippen LogP contribution in [0.3, 0.4) is 0 Å². The molecule has 1 aliphatic rings. The van der Waals surface area contributed by atoms with Gasteiger partial charge in [-0.1, -0.05) is 36.4 Å². The minimum atomic E-state index is -9.69. The Balaban J connectivity index is 0.0000410. The fourth-order valence-electron chi connectivity index (χ4n) is 11.1. The second kappa shape index (κ2) is 33.7. The predicted molar refractivity (Wildman–Crippen MR) is 282 cm³/mol. The first-order valence-electron chi connectivity index (χ1n) is 30.9. The molecule has 0 aromatic heterocycles. The van der Waals surface area contributed by atoms with Crippen molar-refractivity contribution in [2.75, 3.05) is 24.6 Å². The van der Waals surface area contributed by atoms with E-state index in [1.165, 1.54) is 0 Å². The smallest absolute Gasteiger partial charge is 0.460 e. The van der Waals surface area contributed by atoms with Crippen molar-refractivity contribution in [1.82, 2.24) is 0 Å². The Bertz CT molecular complexity index is 3620. The van der Waals surface area contributed by atoms with Gasteiger partial charge in [0.05, 0.1) is 75.0 Å². The van der Waals surface area contributed by atoms with E-state index in [1.807, 2.05) is 0 Å². The maximum absolute atomic E-state index is 16.0. The molecule has 0 nitrogen and oxygen atoms in total. The van der Waals surface area contributed by atoms with Crippen LogP contribution in [-0.4, -0.2) is 215 Å². The van der Waals surface area contributed by atoms with Crippen LogP contribution in [0.15, 0.2) is 48.5 Å². The summed E-state index contributed by atoms with van der Waals surface area (Å²) >= 11 is 0. The number of rotatable bonds is 36. The van der Waals surface area contributed by atoms with Gasteiger partial charge in [-0.2, -0.15) is 299 Å². The first-order valence-corrected chi connectivity index (χ1v) is 35.9. The fraction of sp³-hybridized carbons (Fsp3) is 0.786. The summed E-state index contributed by atoms with van der Waals surface area (Å²) in [7, 11) is -12.9. The van der Waals surface area contributed by atoms with Crippen molar-refractivity contribution >= 4 is 14.5 Å². The molecule has 0 fully saturated rings. The topological polar surface area (TPSA) is 0 Å². The Morgan fingerprint density at radius 2 is 0.258 bits per heavy atom. The van der Waals surface area contributed by atoms with E-state index in [0.29, 0.717) is 0 Å². The number of alkyl halides is 68. The van der Waals surface area contributed by atoms with Crippen molar-refractivity contribution < 1.29 is 333 Å². The molecule has 128 heavy (non-hydrogen) atoms. The van der Waals surface area contributed by atoms with Crippen LogP contribution in [-0.2, 0) is 24.6 Å². The first-order chi connectivity index (χ1) is 54.1. The van der Waals surface area contributed by atoms with E-state index in [2.05, 4.69) is 0 Å². The normalized spacial score (nSPS) is 17.7. The molecule has 2 aromatic carbocycles. The Morgan fingerprint density at radius 1 is 0.156 bits per heavy atom. The van der Waals surface area contributed by atoms with E-state index in [4.69, 9.17) is 0 Å². The quantitative estimate of drug-likeness (QED) is 0.0471. The highest BCUT2D eigenvalue weighted by Gasteiger charge is 3.01. The number of fused-ring (bicyclic) bond motifs is 4. The number of benzene rings is 2. The lowest BCUT2D eigenvalue weighted by molar-refractivity contribution is -0.461. The first kappa shape index (κ1) is 122. The van der Waals surface area contributed by atoms with E-state index >= 15 is 105 Å². The summed E-state index contributed by atoms with van der Waals surface area (Å²) in [5.41, 5.74) is -7.58. The maximum atomic E-state index is 16.0. The lowest BCUT2D eigenvalue weighted by Gasteiger charge is -2.43. The van der Waals surface area contributed by atoms with Gasteiger partial charge in [0, 0.05) is 14.5 Å². The molecule has 0 amide bonds. The van der Waals surface area contributed by atoms with Crippen LogP contribution in [0, 0.1) is 0 Å². The largest absolute Gasteiger partial charge is 1.00 e. The van der Waals surface area contributed by atoms with Gasteiger partial charge < -0.3 is 34.0 Å². The Hall–Kier alpha value is -4.50. The van der Waals surface area contributed by atoms with Crippen LogP contribution in [0.5, 0.6) is 0 Å². The van der Waals surface area contributed by atoms with Crippen LogP contribution in [0.1, 0.15) is 47.9 Å². The van der Waals surface area contributed by atoms with E-state index in [0.717, 1.165) is 0 Å². The summed E-state index contributed by atoms with van der Waals surface area (Å²) in [6.45, 7) is 0. The highest BCUT2D eigenvalue weighted by atomic mass is 79.9. The molecule has 1 heterocycles. The molecular formula is C56H32Br2F68P2. The molecule has 1 aliphatic heterocycles. The molecule has 0 spiro atoms. The molecule has 0 radical (unpaired) electrons. The van der Waals surface area contributed by atoms with Gasteiger partial charge in [-0.05, 0) is 34.4 Å². The lowest BCUT2D eigenvalue weighted by atomic mass is 9.88. The van der Waals surface area contributed by atoms with Crippen LogP contribution in [0.2, 0.25) is 0 Å². The highest BCUT2D eigenvalue weighted by Crippen LogP contribution is 2.76. The second-order valence-corrected chi connectivity index (χ2v) is 35.9. The van der Waals surface area contributed by atoms with E-state index in [-0.39, 0.29) is 70.4 Å². The number of halogens is 70. The van der Waals surface area contributed by atoms with Crippen molar-refractivity contribution in [3.8, 4) is 0 Å². The van der Waals surface area contributed by atoms with Gasteiger partial charge in [0.25, 0.3) is 0 Å². The standard InChI is InChI=1S/C56H32F68P2.2BrH/c57-25(58,29(65,66)33(73,74)37(81,82)41(89,90)45(97,98)49(105,106)53(113,114)115)7-11-125(12-8-26(59,60)30(67,68)34(75,76)38(83,84)42(91,92)46(99,100)50(107,108)54(116,117)118)17-21-3-1-4-22(15-21)18-126(20-24-6-2-5-23(16-24)19-125,13-9-27(61,62)31(69,70)35(77,78)39(85,86)43(93,94)47(101,102)51(109,110)55(119,120)121)14-10-28(63,64)32(71,72)36(79,80)40(87,88)44(95,96)48(103,104)52(111,112)56(122,123)124;;/h1-6,15-16H,7-14,17-20H2;2*1H/q+2;;/p-2. The van der Waals surface area contributed by atoms with Crippen LogP contribution >= 0.6 is 14.5 Å². The zero-order valence-corrected chi connectivity index (χ0v) is 63.4. The SMILES string of the molecule is FC(F)(F)C(F)(F)C(F)(F)C(F)(F)C(F)(F)C(F)(F)C(F)(F)C(F)(F)CC[P+]1(CCC(F)(F)C(F)(F)C(F)(F)C(F)(F)C(F)(F)C(F)(F)C(F)(F)C(F)(F)F)Cc2cccc(c2)C[P+](CCC(F)(F)C(F)(F)C(F)(F)C(F)(F)C(F)(F)C(F)(F)C(F)(F)C(F)(F)F)(CCC(F)(F)C(F)(F)C(F)(F)C(F)(F)C(F)(F)C(F)(F)C(F)(F)C(F)(F)F)Cc2cccc(c2)C1.[Br-].[Br-]. The number of hydrogen-bond acceptors (Lipinski definition) is 0. The van der Waals surface area contributed by atoms with Gasteiger partial charge in [0.15, 0.2) is 0 Å². The minimum absolute atomic E-state index is 0. The summed E-state index contributed by atoms with van der Waals surface area (Å²) in [6.07, 6.45) is -75.2. The molecule has 4 bridgehead atoms. The van der Waals surface area contributed by atoms with Crippen molar-refractivity contribution in [3.05, 3.63) is 70.8 Å². The molecule has 756 valence electrons. The summed E-state index contributed by atoms with van der Waals surface area (Å²) < 4.78 is 982. The molecule has 0 saturated heterocycles. The van der Waals surface area contributed by atoms with Gasteiger partial charge >= 0.3 is 191 Å². The molecule has 0 aliphatic carbocycles. The minimum Gasteiger partial charge on any atom is -1.00 e. The average Bonchev–Trinajstić information content (AvgIpc) is 0.706. The summed E-state index contributed by atoms with van der Waals surface area (Å²) in [5.74, 6) is -258. The zero-order valence-electron chi connectivity index (χ0n) is 58.5. The zero-order chi connectivity index (χ0) is 101. The molecule has 3 rings (SSSR count). The highest BCUT2D eigenvalue weighted by molar-refractivity contribution is 7.74. The van der Waals surface area contributed by atoms with Crippen LogP contribution < -0.4 is 34.0 Å². The van der Waals surface area contributed by atoms with Crippen molar-refractivity contribution in [3.63, 3.8) is 0 Å². The summed E-state index contributed by atoms with van der Waals surface area (Å²) in [6, 6.07) is -2.54. The molecule has 2 aromatic rings. The van der Waals surface area contributed by atoms with Crippen molar-refractivity contribution in [1.29, 1.82) is 0 Å². The van der Waals surface area contributed by atoms with Gasteiger partial charge in [-0.15, -0.1) is 0 Å². The molecule has 0 saturated carbocycles.